The van der Waals surface area contributed by atoms with Crippen molar-refractivity contribution in [2.45, 2.75) is 13.5 Å². The lowest BCUT2D eigenvalue weighted by atomic mass is 10.1. The molecule has 0 bridgehead atoms. The van der Waals surface area contributed by atoms with Crippen LogP contribution >= 0.6 is 0 Å². The minimum atomic E-state index is -0.739. The Labute approximate surface area is 157 Å². The predicted molar refractivity (Wildman–Crippen MR) is 97.0 cm³/mol. The first-order valence-electron chi connectivity index (χ1n) is 8.53. The number of esters is 1. The number of ether oxygens (including phenoxy) is 3. The van der Waals surface area contributed by atoms with E-state index in [9.17, 15) is 14.7 Å². The van der Waals surface area contributed by atoms with Gasteiger partial charge in [-0.3, -0.25) is 4.79 Å². The van der Waals surface area contributed by atoms with Crippen LogP contribution in [0, 0.1) is 6.92 Å². The Hall–Kier alpha value is -3.22. The molecule has 0 spiro atoms. The second-order valence-corrected chi connectivity index (χ2v) is 6.32. The number of fused-ring (bicyclic) bond motifs is 1. The van der Waals surface area contributed by atoms with Gasteiger partial charge in [0.15, 0.2) is 18.1 Å². The molecule has 0 saturated carbocycles. The number of carbonyl (C=O) groups excluding carboxylic acids is 2. The second-order valence-electron chi connectivity index (χ2n) is 6.32. The number of rotatable bonds is 5. The third-order valence-corrected chi connectivity index (χ3v) is 4.15. The van der Waals surface area contributed by atoms with Crippen LogP contribution in [-0.4, -0.2) is 48.8 Å². The van der Waals surface area contributed by atoms with Crippen LogP contribution in [0.1, 0.15) is 21.5 Å². The van der Waals surface area contributed by atoms with Crippen molar-refractivity contribution >= 4 is 11.9 Å². The highest BCUT2D eigenvalue weighted by molar-refractivity contribution is 5.94. The van der Waals surface area contributed by atoms with Crippen LogP contribution in [-0.2, 0) is 16.1 Å². The molecule has 2 aromatic carbocycles. The van der Waals surface area contributed by atoms with E-state index in [1.165, 1.54) is 17.0 Å². The second kappa shape index (κ2) is 7.99. The first-order valence-corrected chi connectivity index (χ1v) is 8.53. The molecular formula is C20H21NO6. The number of hydrogen-bond donors (Lipinski definition) is 1. The summed E-state index contributed by atoms with van der Waals surface area (Å²) in [7, 11) is 1.62. The molecule has 27 heavy (non-hydrogen) atoms. The van der Waals surface area contributed by atoms with Crippen LogP contribution in [0.3, 0.4) is 0 Å². The Kier molecular flexibility index (Phi) is 5.49. The maximum atomic E-state index is 12.3. The van der Waals surface area contributed by atoms with E-state index in [-0.39, 0.29) is 17.2 Å². The van der Waals surface area contributed by atoms with Crippen LogP contribution in [0.15, 0.2) is 36.4 Å². The van der Waals surface area contributed by atoms with E-state index < -0.39 is 12.6 Å². The smallest absolute Gasteiger partial charge is 0.342 e. The molecule has 0 unspecified atom stereocenters. The van der Waals surface area contributed by atoms with Crippen molar-refractivity contribution in [3.8, 4) is 17.2 Å². The minimum absolute atomic E-state index is 0.0392. The Bertz CT molecular complexity index is 864. The van der Waals surface area contributed by atoms with E-state index in [1.54, 1.807) is 20.0 Å². The number of aromatic hydroxyl groups is 1. The summed E-state index contributed by atoms with van der Waals surface area (Å²) < 4.78 is 16.0. The molecule has 2 aromatic rings. The molecule has 1 N–H and O–H groups in total. The maximum absolute atomic E-state index is 12.3. The lowest BCUT2D eigenvalue weighted by Gasteiger charge is -2.21. The zero-order valence-electron chi connectivity index (χ0n) is 15.2. The summed E-state index contributed by atoms with van der Waals surface area (Å²) in [6.07, 6.45) is 0. The number of nitrogens with zero attached hydrogens (tertiary/aromatic N) is 1. The largest absolute Gasteiger partial charge is 0.507 e. The Morgan fingerprint density at radius 1 is 1.11 bits per heavy atom. The first kappa shape index (κ1) is 18.6. The lowest BCUT2D eigenvalue weighted by molar-refractivity contribution is -0.133. The van der Waals surface area contributed by atoms with Gasteiger partial charge in [-0.2, -0.15) is 0 Å². The molecule has 1 amide bonds. The van der Waals surface area contributed by atoms with Crippen molar-refractivity contribution in [3.05, 3.63) is 53.1 Å². The number of phenols is 1. The first-order chi connectivity index (χ1) is 12.9. The summed E-state index contributed by atoms with van der Waals surface area (Å²) in [4.78, 5) is 25.8. The van der Waals surface area contributed by atoms with Gasteiger partial charge in [-0.25, -0.2) is 4.79 Å². The van der Waals surface area contributed by atoms with Gasteiger partial charge in [0.25, 0.3) is 5.91 Å². The summed E-state index contributed by atoms with van der Waals surface area (Å²) in [6, 6.07) is 10.1. The van der Waals surface area contributed by atoms with Gasteiger partial charge in [0.05, 0.1) is 0 Å². The standard InChI is InChI=1S/C20H21NO6/c1-13-3-5-16(22)15(9-13)20(24)27-12-19(23)21(2)11-14-4-6-17-18(10-14)26-8-7-25-17/h3-6,9-10,22H,7-8,11-12H2,1-2H3. The highest BCUT2D eigenvalue weighted by atomic mass is 16.6. The molecule has 7 heteroatoms. The molecule has 0 aromatic heterocycles. The maximum Gasteiger partial charge on any atom is 0.342 e. The number of likely N-dealkylation sites (N-methyl/N-ethyl adjacent to an activating group) is 1. The predicted octanol–water partition coefficient (Wildman–Crippen LogP) is 2.29. The molecule has 0 fully saturated rings. The van der Waals surface area contributed by atoms with Gasteiger partial charge in [0.2, 0.25) is 0 Å². The average Bonchev–Trinajstić information content (AvgIpc) is 2.67. The average molecular weight is 371 g/mol. The van der Waals surface area contributed by atoms with Gasteiger partial charge in [-0.05, 0) is 36.8 Å². The van der Waals surface area contributed by atoms with Crippen LogP contribution in [0.25, 0.3) is 0 Å². The van der Waals surface area contributed by atoms with Crippen molar-refractivity contribution in [2.24, 2.45) is 0 Å². The van der Waals surface area contributed by atoms with Gasteiger partial charge < -0.3 is 24.2 Å². The lowest BCUT2D eigenvalue weighted by Crippen LogP contribution is -2.31. The SMILES string of the molecule is Cc1ccc(O)c(C(=O)OCC(=O)N(C)Cc2ccc3c(c2)OCCO3)c1. The monoisotopic (exact) mass is 371 g/mol. The zero-order valence-corrected chi connectivity index (χ0v) is 15.2. The highest BCUT2D eigenvalue weighted by Crippen LogP contribution is 2.31. The van der Waals surface area contributed by atoms with E-state index in [0.717, 1.165) is 11.1 Å². The Morgan fingerprint density at radius 2 is 1.85 bits per heavy atom. The van der Waals surface area contributed by atoms with Crippen molar-refractivity contribution in [1.82, 2.24) is 4.90 Å². The third kappa shape index (κ3) is 4.49. The van der Waals surface area contributed by atoms with Crippen molar-refractivity contribution in [2.75, 3.05) is 26.9 Å². The fraction of sp³-hybridized carbons (Fsp3) is 0.300. The molecule has 1 heterocycles. The van der Waals surface area contributed by atoms with Crippen molar-refractivity contribution in [1.29, 1.82) is 0 Å². The summed E-state index contributed by atoms with van der Waals surface area (Å²) in [5.74, 6) is 0.0668. The van der Waals surface area contributed by atoms with Gasteiger partial charge >= 0.3 is 5.97 Å². The number of benzene rings is 2. The molecule has 0 atom stereocenters. The van der Waals surface area contributed by atoms with Crippen molar-refractivity contribution in [3.63, 3.8) is 0 Å². The molecule has 0 radical (unpaired) electrons. The van der Waals surface area contributed by atoms with Crippen LogP contribution in [0.4, 0.5) is 0 Å². The number of aryl methyl sites for hydroxylation is 1. The van der Waals surface area contributed by atoms with E-state index in [1.807, 2.05) is 18.2 Å². The highest BCUT2D eigenvalue weighted by Gasteiger charge is 2.18. The summed E-state index contributed by atoms with van der Waals surface area (Å²) in [5.41, 5.74) is 1.72. The van der Waals surface area contributed by atoms with Crippen molar-refractivity contribution < 1.29 is 28.9 Å². The van der Waals surface area contributed by atoms with Gasteiger partial charge in [0.1, 0.15) is 24.5 Å². The molecule has 1 aliphatic heterocycles. The fourth-order valence-corrected chi connectivity index (χ4v) is 2.68. The van der Waals surface area contributed by atoms with Gasteiger partial charge in [0, 0.05) is 13.6 Å². The Morgan fingerprint density at radius 3 is 2.63 bits per heavy atom. The number of phenolic OH excluding ortho intramolecular Hbond substituents is 1. The van der Waals surface area contributed by atoms with E-state index in [4.69, 9.17) is 14.2 Å². The fourth-order valence-electron chi connectivity index (χ4n) is 2.68. The minimum Gasteiger partial charge on any atom is -0.507 e. The Balaban J connectivity index is 1.56. The van der Waals surface area contributed by atoms with E-state index in [2.05, 4.69) is 0 Å². The zero-order chi connectivity index (χ0) is 19.4. The third-order valence-electron chi connectivity index (χ3n) is 4.15. The molecule has 0 aliphatic carbocycles. The number of hydrogen-bond acceptors (Lipinski definition) is 6. The molecule has 3 rings (SSSR count). The summed E-state index contributed by atoms with van der Waals surface area (Å²) >= 11 is 0. The quantitative estimate of drug-likeness (QED) is 0.812. The number of carbonyl (C=O) groups is 2. The molecule has 0 saturated heterocycles. The summed E-state index contributed by atoms with van der Waals surface area (Å²) in [5, 5.41) is 9.75. The topological polar surface area (TPSA) is 85.3 Å². The van der Waals surface area contributed by atoms with E-state index in [0.29, 0.717) is 31.3 Å². The molecule has 1 aliphatic rings. The molecule has 7 nitrogen and oxygen atoms in total. The molecular weight excluding hydrogens is 350 g/mol. The van der Waals surface area contributed by atoms with Crippen LogP contribution < -0.4 is 9.47 Å². The molecule has 142 valence electrons. The normalized spacial score (nSPS) is 12.4. The van der Waals surface area contributed by atoms with Gasteiger partial charge in [-0.1, -0.05) is 17.7 Å². The summed E-state index contributed by atoms with van der Waals surface area (Å²) in [6.45, 7) is 2.73. The van der Waals surface area contributed by atoms with Gasteiger partial charge in [-0.15, -0.1) is 0 Å². The number of amides is 1. The van der Waals surface area contributed by atoms with Crippen LogP contribution in [0.2, 0.25) is 0 Å². The van der Waals surface area contributed by atoms with Crippen LogP contribution in [0.5, 0.6) is 17.2 Å². The van der Waals surface area contributed by atoms with E-state index >= 15 is 0 Å².